The lowest BCUT2D eigenvalue weighted by Crippen LogP contribution is -2.23. The number of anilines is 1. The van der Waals surface area contributed by atoms with Crippen molar-refractivity contribution in [3.8, 4) is 0 Å². The molecule has 1 saturated heterocycles. The van der Waals surface area contributed by atoms with Gasteiger partial charge in [0.2, 0.25) is 0 Å². The number of hydrogen-bond donors (Lipinski definition) is 0. The van der Waals surface area contributed by atoms with Crippen LogP contribution in [0.4, 0.5) is 5.82 Å². The summed E-state index contributed by atoms with van der Waals surface area (Å²) in [5.74, 6) is 1.06. The van der Waals surface area contributed by atoms with Gasteiger partial charge in [0.15, 0.2) is 0 Å². The van der Waals surface area contributed by atoms with Crippen LogP contribution in [0.5, 0.6) is 0 Å². The second-order valence-corrected chi connectivity index (χ2v) is 5.48. The van der Waals surface area contributed by atoms with Gasteiger partial charge in [0.1, 0.15) is 12.1 Å². The van der Waals surface area contributed by atoms with Gasteiger partial charge < -0.3 is 4.90 Å². The molecule has 0 radical (unpaired) electrons. The van der Waals surface area contributed by atoms with Crippen molar-refractivity contribution in [2.45, 2.75) is 18.9 Å². The lowest BCUT2D eigenvalue weighted by atomic mass is 10.0. The van der Waals surface area contributed by atoms with Crippen molar-refractivity contribution in [3.63, 3.8) is 0 Å². The number of aromatic nitrogens is 2. The van der Waals surface area contributed by atoms with Gasteiger partial charge >= 0.3 is 0 Å². The average Bonchev–Trinajstić information content (AvgIpc) is 3.04. The smallest absolute Gasteiger partial charge is 0.140 e. The second kappa shape index (κ2) is 5.17. The minimum absolute atomic E-state index is 0.421. The molecule has 0 aliphatic carbocycles. The lowest BCUT2D eigenvalue weighted by Gasteiger charge is -2.27. The van der Waals surface area contributed by atoms with Crippen molar-refractivity contribution in [1.29, 1.82) is 0 Å². The van der Waals surface area contributed by atoms with E-state index in [2.05, 4.69) is 57.3 Å². The SMILES string of the molecule is c1ccc(C2CCCN2c2ncnc3ccccc23)cc1. The first-order valence-corrected chi connectivity index (χ1v) is 7.45. The fourth-order valence-corrected chi connectivity index (χ4v) is 3.26. The van der Waals surface area contributed by atoms with Crippen molar-refractivity contribution in [3.05, 3.63) is 66.5 Å². The normalized spacial score (nSPS) is 18.3. The topological polar surface area (TPSA) is 29.0 Å². The molecular weight excluding hydrogens is 258 g/mol. The Morgan fingerprint density at radius 3 is 2.62 bits per heavy atom. The van der Waals surface area contributed by atoms with E-state index in [9.17, 15) is 0 Å². The molecule has 0 amide bonds. The zero-order chi connectivity index (χ0) is 14.1. The van der Waals surface area contributed by atoms with Gasteiger partial charge in [-0.05, 0) is 30.5 Å². The summed E-state index contributed by atoms with van der Waals surface area (Å²) in [5, 5.41) is 1.14. The molecule has 4 rings (SSSR count). The molecule has 1 atom stereocenters. The molecule has 1 aliphatic rings. The fraction of sp³-hybridized carbons (Fsp3) is 0.222. The van der Waals surface area contributed by atoms with Gasteiger partial charge in [0.25, 0.3) is 0 Å². The molecule has 3 nitrogen and oxygen atoms in total. The second-order valence-electron chi connectivity index (χ2n) is 5.48. The van der Waals surface area contributed by atoms with E-state index < -0.39 is 0 Å². The van der Waals surface area contributed by atoms with Gasteiger partial charge in [0, 0.05) is 11.9 Å². The highest BCUT2D eigenvalue weighted by atomic mass is 15.2. The van der Waals surface area contributed by atoms with E-state index in [1.165, 1.54) is 18.4 Å². The van der Waals surface area contributed by atoms with E-state index in [0.717, 1.165) is 23.3 Å². The Hall–Kier alpha value is -2.42. The van der Waals surface area contributed by atoms with Crippen LogP contribution in [0.25, 0.3) is 10.9 Å². The van der Waals surface area contributed by atoms with Crippen molar-refractivity contribution in [2.75, 3.05) is 11.4 Å². The maximum Gasteiger partial charge on any atom is 0.140 e. The van der Waals surface area contributed by atoms with Gasteiger partial charge in [-0.2, -0.15) is 0 Å². The molecule has 1 unspecified atom stereocenters. The summed E-state index contributed by atoms with van der Waals surface area (Å²) in [6, 6.07) is 19.4. The third-order valence-electron chi connectivity index (χ3n) is 4.23. The summed E-state index contributed by atoms with van der Waals surface area (Å²) in [6.07, 6.45) is 4.07. The van der Waals surface area contributed by atoms with Crippen molar-refractivity contribution in [2.24, 2.45) is 0 Å². The molecule has 0 N–H and O–H groups in total. The first-order chi connectivity index (χ1) is 10.4. The van der Waals surface area contributed by atoms with E-state index in [-0.39, 0.29) is 0 Å². The van der Waals surface area contributed by atoms with Crippen molar-refractivity contribution in [1.82, 2.24) is 9.97 Å². The van der Waals surface area contributed by atoms with Crippen LogP contribution in [-0.2, 0) is 0 Å². The Labute approximate surface area is 124 Å². The molecule has 0 saturated carbocycles. The molecule has 104 valence electrons. The predicted molar refractivity (Wildman–Crippen MR) is 85.3 cm³/mol. The number of rotatable bonds is 2. The highest BCUT2D eigenvalue weighted by Crippen LogP contribution is 2.37. The minimum Gasteiger partial charge on any atom is -0.349 e. The van der Waals surface area contributed by atoms with Crippen LogP contribution < -0.4 is 4.90 Å². The van der Waals surface area contributed by atoms with E-state index >= 15 is 0 Å². The van der Waals surface area contributed by atoms with Crippen LogP contribution in [0.3, 0.4) is 0 Å². The molecule has 1 fully saturated rings. The third-order valence-corrected chi connectivity index (χ3v) is 4.23. The zero-order valence-electron chi connectivity index (χ0n) is 11.8. The summed E-state index contributed by atoms with van der Waals surface area (Å²) in [5.41, 5.74) is 2.39. The number of hydrogen-bond acceptors (Lipinski definition) is 3. The van der Waals surface area contributed by atoms with Gasteiger partial charge in [-0.15, -0.1) is 0 Å². The fourth-order valence-electron chi connectivity index (χ4n) is 3.26. The number of fused-ring (bicyclic) bond motifs is 1. The monoisotopic (exact) mass is 275 g/mol. The van der Waals surface area contributed by atoms with E-state index in [0.29, 0.717) is 6.04 Å². The van der Waals surface area contributed by atoms with E-state index in [1.807, 2.05) is 12.1 Å². The number of benzene rings is 2. The van der Waals surface area contributed by atoms with Crippen LogP contribution in [0.1, 0.15) is 24.4 Å². The summed E-state index contributed by atoms with van der Waals surface area (Å²) >= 11 is 0. The van der Waals surface area contributed by atoms with Crippen LogP contribution in [-0.4, -0.2) is 16.5 Å². The number of nitrogens with zero attached hydrogens (tertiary/aromatic N) is 3. The number of para-hydroxylation sites is 1. The first-order valence-electron chi connectivity index (χ1n) is 7.45. The molecule has 3 aromatic rings. The largest absolute Gasteiger partial charge is 0.349 e. The van der Waals surface area contributed by atoms with Crippen molar-refractivity contribution >= 4 is 16.7 Å². The average molecular weight is 275 g/mol. The van der Waals surface area contributed by atoms with E-state index in [1.54, 1.807) is 6.33 Å². The summed E-state index contributed by atoms with van der Waals surface area (Å²) in [4.78, 5) is 11.4. The molecule has 21 heavy (non-hydrogen) atoms. The van der Waals surface area contributed by atoms with Crippen LogP contribution >= 0.6 is 0 Å². The maximum atomic E-state index is 4.58. The van der Waals surface area contributed by atoms with Gasteiger partial charge in [-0.3, -0.25) is 0 Å². The van der Waals surface area contributed by atoms with Crippen LogP contribution in [0, 0.1) is 0 Å². The Morgan fingerprint density at radius 1 is 0.905 bits per heavy atom. The molecule has 0 bridgehead atoms. The van der Waals surface area contributed by atoms with Gasteiger partial charge in [0.05, 0.1) is 11.6 Å². The van der Waals surface area contributed by atoms with Crippen LogP contribution in [0.2, 0.25) is 0 Å². The summed E-state index contributed by atoms with van der Waals surface area (Å²) < 4.78 is 0. The Morgan fingerprint density at radius 2 is 1.71 bits per heavy atom. The van der Waals surface area contributed by atoms with Gasteiger partial charge in [-0.1, -0.05) is 42.5 Å². The predicted octanol–water partition coefficient (Wildman–Crippen LogP) is 3.97. The first kappa shape index (κ1) is 12.3. The molecule has 1 aromatic heterocycles. The van der Waals surface area contributed by atoms with E-state index in [4.69, 9.17) is 0 Å². The Bertz CT molecular complexity index is 749. The van der Waals surface area contributed by atoms with Gasteiger partial charge in [-0.25, -0.2) is 9.97 Å². The highest BCUT2D eigenvalue weighted by molar-refractivity contribution is 5.89. The molecule has 3 heteroatoms. The Balaban J connectivity index is 1.81. The Kier molecular flexibility index (Phi) is 3.03. The minimum atomic E-state index is 0.421. The molecule has 2 aromatic carbocycles. The lowest BCUT2D eigenvalue weighted by molar-refractivity contribution is 0.713. The highest BCUT2D eigenvalue weighted by Gasteiger charge is 2.28. The zero-order valence-corrected chi connectivity index (χ0v) is 11.8. The quantitative estimate of drug-likeness (QED) is 0.708. The third kappa shape index (κ3) is 2.15. The maximum absolute atomic E-state index is 4.58. The molecule has 0 spiro atoms. The molecule has 1 aliphatic heterocycles. The van der Waals surface area contributed by atoms with Crippen molar-refractivity contribution < 1.29 is 0 Å². The standard InChI is InChI=1S/C18H17N3/c1-2-7-14(8-3-1)17-11-6-12-21(17)18-15-9-4-5-10-16(15)19-13-20-18/h1-5,7-10,13,17H,6,11-12H2. The molecular formula is C18H17N3. The summed E-state index contributed by atoms with van der Waals surface area (Å²) in [6.45, 7) is 1.06. The van der Waals surface area contributed by atoms with Crippen LogP contribution in [0.15, 0.2) is 60.9 Å². The molecule has 2 heterocycles. The summed E-state index contributed by atoms with van der Waals surface area (Å²) in [7, 11) is 0.